The first-order chi connectivity index (χ1) is 4.86. The van der Waals surface area contributed by atoms with Crippen LogP contribution in [0.15, 0.2) is 12.2 Å². The molecule has 56 valence electrons. The lowest BCUT2D eigenvalue weighted by Crippen LogP contribution is -2.33. The zero-order chi connectivity index (χ0) is 6.97. The number of rotatable bonds is 0. The Bertz CT molecular complexity index is 153. The molecule has 10 heavy (non-hydrogen) atoms. The zero-order valence-corrected chi connectivity index (χ0v) is 6.01. The zero-order valence-electron chi connectivity index (χ0n) is 6.01. The molecule has 0 aromatic carbocycles. The lowest BCUT2D eigenvalue weighted by molar-refractivity contribution is -0.352. The van der Waals surface area contributed by atoms with Crippen molar-refractivity contribution in [1.82, 2.24) is 0 Å². The van der Waals surface area contributed by atoms with Crippen LogP contribution in [0.5, 0.6) is 0 Å². The van der Waals surface area contributed by atoms with Crippen molar-refractivity contribution in [3.8, 4) is 0 Å². The van der Waals surface area contributed by atoms with Gasteiger partial charge in [-0.05, 0) is 30.8 Å². The molecule has 2 fully saturated rings. The fourth-order valence-electron chi connectivity index (χ4n) is 1.61. The van der Waals surface area contributed by atoms with Crippen molar-refractivity contribution in [3.63, 3.8) is 0 Å². The second-order valence-electron chi connectivity index (χ2n) is 3.17. The molecular weight excluding hydrogens is 128 g/mol. The SMILES string of the molecule is C=C1CCC2COOC1C2. The van der Waals surface area contributed by atoms with Crippen LogP contribution in [0.2, 0.25) is 0 Å². The van der Waals surface area contributed by atoms with E-state index in [0.29, 0.717) is 0 Å². The van der Waals surface area contributed by atoms with E-state index in [1.165, 1.54) is 12.0 Å². The molecule has 0 aromatic rings. The molecule has 0 spiro atoms. The maximum atomic E-state index is 5.06. The molecule has 2 bridgehead atoms. The molecule has 2 nitrogen and oxygen atoms in total. The minimum absolute atomic E-state index is 0.201. The highest BCUT2D eigenvalue weighted by molar-refractivity contribution is 5.06. The van der Waals surface area contributed by atoms with Crippen LogP contribution >= 0.6 is 0 Å². The third-order valence-corrected chi connectivity index (χ3v) is 2.36. The van der Waals surface area contributed by atoms with E-state index in [2.05, 4.69) is 6.58 Å². The van der Waals surface area contributed by atoms with Gasteiger partial charge >= 0.3 is 0 Å². The minimum Gasteiger partial charge on any atom is -0.236 e. The summed E-state index contributed by atoms with van der Waals surface area (Å²) < 4.78 is 0. The normalized spacial score (nSPS) is 39.8. The van der Waals surface area contributed by atoms with Crippen LogP contribution in [-0.4, -0.2) is 12.7 Å². The van der Waals surface area contributed by atoms with Crippen LogP contribution in [0.25, 0.3) is 0 Å². The lowest BCUT2D eigenvalue weighted by atomic mass is 9.84. The van der Waals surface area contributed by atoms with Gasteiger partial charge in [-0.25, -0.2) is 9.78 Å². The van der Waals surface area contributed by atoms with Crippen molar-refractivity contribution in [2.45, 2.75) is 25.4 Å². The molecule has 0 N–H and O–H groups in total. The standard InChI is InChI=1S/C8H12O2/c1-6-2-3-7-4-8(6)10-9-5-7/h7-8H,1-5H2. The van der Waals surface area contributed by atoms with Gasteiger partial charge in [0.2, 0.25) is 0 Å². The van der Waals surface area contributed by atoms with E-state index < -0.39 is 0 Å². The van der Waals surface area contributed by atoms with Crippen LogP contribution < -0.4 is 0 Å². The first kappa shape index (κ1) is 6.38. The highest BCUT2D eigenvalue weighted by Crippen LogP contribution is 2.33. The van der Waals surface area contributed by atoms with Crippen LogP contribution in [0.1, 0.15) is 19.3 Å². The summed E-state index contributed by atoms with van der Waals surface area (Å²) in [5, 5.41) is 0. The molecule has 2 rings (SSSR count). The van der Waals surface area contributed by atoms with E-state index in [4.69, 9.17) is 9.78 Å². The molecule has 0 aromatic heterocycles. The first-order valence-electron chi connectivity index (χ1n) is 3.82. The summed E-state index contributed by atoms with van der Waals surface area (Å²) in [7, 11) is 0. The summed E-state index contributed by atoms with van der Waals surface area (Å²) in [5.74, 6) is 0.726. The average Bonchev–Trinajstić information content (AvgIpc) is 1.99. The third kappa shape index (κ3) is 0.976. The second-order valence-corrected chi connectivity index (χ2v) is 3.17. The van der Waals surface area contributed by atoms with Gasteiger partial charge in [0.05, 0.1) is 6.61 Å². The Hall–Kier alpha value is -0.340. The quantitative estimate of drug-likeness (QED) is 0.376. The molecule has 1 saturated heterocycles. The largest absolute Gasteiger partial charge is 0.236 e. The lowest BCUT2D eigenvalue weighted by Gasteiger charge is -2.34. The predicted molar refractivity (Wildman–Crippen MR) is 37.3 cm³/mol. The Morgan fingerprint density at radius 1 is 1.50 bits per heavy atom. The summed E-state index contributed by atoms with van der Waals surface area (Å²) in [6.07, 6.45) is 3.68. The Morgan fingerprint density at radius 2 is 2.40 bits per heavy atom. The van der Waals surface area contributed by atoms with Gasteiger partial charge in [0, 0.05) is 0 Å². The molecule has 2 aliphatic rings. The molecule has 1 saturated carbocycles. The maximum Gasteiger partial charge on any atom is 0.114 e. The molecule has 2 heteroatoms. The summed E-state index contributed by atoms with van der Waals surface area (Å²) in [6, 6.07) is 0. The van der Waals surface area contributed by atoms with Crippen molar-refractivity contribution < 1.29 is 9.78 Å². The molecule has 1 aliphatic heterocycles. The van der Waals surface area contributed by atoms with Crippen molar-refractivity contribution in [2.24, 2.45) is 5.92 Å². The molecule has 1 heterocycles. The summed E-state index contributed by atoms with van der Waals surface area (Å²) in [6.45, 7) is 4.71. The Labute approximate surface area is 60.7 Å². The van der Waals surface area contributed by atoms with Crippen LogP contribution in [0.3, 0.4) is 0 Å². The van der Waals surface area contributed by atoms with Gasteiger partial charge in [0.1, 0.15) is 6.10 Å². The third-order valence-electron chi connectivity index (χ3n) is 2.36. The van der Waals surface area contributed by atoms with Gasteiger partial charge in [0.25, 0.3) is 0 Å². The number of hydrogen-bond acceptors (Lipinski definition) is 2. The van der Waals surface area contributed by atoms with E-state index in [1.54, 1.807) is 0 Å². The smallest absolute Gasteiger partial charge is 0.114 e. The fourth-order valence-corrected chi connectivity index (χ4v) is 1.61. The summed E-state index contributed by atoms with van der Waals surface area (Å²) in [4.78, 5) is 10.0. The number of hydrogen-bond donors (Lipinski definition) is 0. The van der Waals surface area contributed by atoms with E-state index in [9.17, 15) is 0 Å². The average molecular weight is 140 g/mol. The molecule has 2 unspecified atom stereocenters. The highest BCUT2D eigenvalue weighted by atomic mass is 17.2. The monoisotopic (exact) mass is 140 g/mol. The highest BCUT2D eigenvalue weighted by Gasteiger charge is 2.30. The van der Waals surface area contributed by atoms with Crippen LogP contribution in [-0.2, 0) is 9.78 Å². The van der Waals surface area contributed by atoms with E-state index in [1.807, 2.05) is 0 Å². The molecule has 0 amide bonds. The van der Waals surface area contributed by atoms with Crippen molar-refractivity contribution in [1.29, 1.82) is 0 Å². The van der Waals surface area contributed by atoms with Gasteiger partial charge in [-0.15, -0.1) is 0 Å². The maximum absolute atomic E-state index is 5.06. The second kappa shape index (κ2) is 2.36. The van der Waals surface area contributed by atoms with Crippen molar-refractivity contribution >= 4 is 0 Å². The van der Waals surface area contributed by atoms with Gasteiger partial charge < -0.3 is 0 Å². The fraction of sp³-hybridized carbons (Fsp3) is 0.750. The molecule has 0 radical (unpaired) electrons. The van der Waals surface area contributed by atoms with Crippen LogP contribution in [0, 0.1) is 5.92 Å². The Balaban J connectivity index is 2.07. The van der Waals surface area contributed by atoms with Gasteiger partial charge in [0.15, 0.2) is 0 Å². The van der Waals surface area contributed by atoms with Gasteiger partial charge in [-0.3, -0.25) is 0 Å². The molecule has 2 atom stereocenters. The molecular formula is C8H12O2. The van der Waals surface area contributed by atoms with Gasteiger partial charge in [-0.1, -0.05) is 6.58 Å². The Morgan fingerprint density at radius 3 is 3.20 bits per heavy atom. The van der Waals surface area contributed by atoms with Crippen molar-refractivity contribution in [2.75, 3.05) is 6.61 Å². The van der Waals surface area contributed by atoms with Crippen molar-refractivity contribution in [3.05, 3.63) is 12.2 Å². The first-order valence-corrected chi connectivity index (χ1v) is 3.82. The minimum atomic E-state index is 0.201. The van der Waals surface area contributed by atoms with E-state index in [-0.39, 0.29) is 6.10 Å². The van der Waals surface area contributed by atoms with Gasteiger partial charge in [-0.2, -0.15) is 0 Å². The van der Waals surface area contributed by atoms with Crippen LogP contribution in [0.4, 0.5) is 0 Å². The van der Waals surface area contributed by atoms with E-state index in [0.717, 1.165) is 25.4 Å². The topological polar surface area (TPSA) is 18.5 Å². The molecule has 1 aliphatic carbocycles. The summed E-state index contributed by atoms with van der Waals surface area (Å²) >= 11 is 0. The number of fused-ring (bicyclic) bond motifs is 2. The Kier molecular flexibility index (Phi) is 1.51. The predicted octanol–water partition coefficient (Wildman–Crippen LogP) is 1.67. The van der Waals surface area contributed by atoms with E-state index >= 15 is 0 Å². The summed E-state index contributed by atoms with van der Waals surface area (Å²) in [5.41, 5.74) is 1.20.